The van der Waals surface area contributed by atoms with Gasteiger partial charge in [-0.1, -0.05) is 30.3 Å². The standard InChI is InChI=1S/C20H22N2O4S/c1-14(23)22(2)18-10-8-16(9-11-18)20(24)21-27(25,26)19-12-17(13-19)15-6-4-3-5-7-15/h3-11,17,19H,12-13H2,1-2H3,(H,21,24). The Morgan fingerprint density at radius 1 is 1.00 bits per heavy atom. The van der Waals surface area contributed by atoms with Crippen molar-refractivity contribution in [2.75, 3.05) is 11.9 Å². The maximum absolute atomic E-state index is 12.5. The summed E-state index contributed by atoms with van der Waals surface area (Å²) in [6.07, 6.45) is 1.02. The van der Waals surface area contributed by atoms with Crippen molar-refractivity contribution < 1.29 is 18.0 Å². The fraction of sp³-hybridized carbons (Fsp3) is 0.300. The van der Waals surface area contributed by atoms with Crippen LogP contribution in [0, 0.1) is 0 Å². The topological polar surface area (TPSA) is 83.6 Å². The zero-order chi connectivity index (χ0) is 19.6. The maximum Gasteiger partial charge on any atom is 0.264 e. The van der Waals surface area contributed by atoms with Gasteiger partial charge in [-0.15, -0.1) is 0 Å². The molecule has 0 saturated heterocycles. The number of amides is 2. The van der Waals surface area contributed by atoms with Gasteiger partial charge in [0.1, 0.15) is 0 Å². The molecule has 0 bridgehead atoms. The van der Waals surface area contributed by atoms with E-state index in [1.165, 1.54) is 24.0 Å². The first-order valence-electron chi connectivity index (χ1n) is 8.73. The third kappa shape index (κ3) is 4.19. The van der Waals surface area contributed by atoms with Crippen LogP contribution in [-0.4, -0.2) is 32.5 Å². The Bertz CT molecular complexity index is 934. The molecule has 0 spiro atoms. The van der Waals surface area contributed by atoms with E-state index in [9.17, 15) is 18.0 Å². The van der Waals surface area contributed by atoms with Crippen molar-refractivity contribution in [3.63, 3.8) is 0 Å². The first-order chi connectivity index (χ1) is 12.8. The smallest absolute Gasteiger partial charge is 0.264 e. The fourth-order valence-corrected chi connectivity index (χ4v) is 4.62. The van der Waals surface area contributed by atoms with E-state index < -0.39 is 21.2 Å². The van der Waals surface area contributed by atoms with Gasteiger partial charge in [-0.25, -0.2) is 13.1 Å². The molecule has 1 fully saturated rings. The van der Waals surface area contributed by atoms with Crippen LogP contribution in [0.1, 0.15) is 41.6 Å². The summed E-state index contributed by atoms with van der Waals surface area (Å²) >= 11 is 0. The molecule has 3 rings (SSSR count). The van der Waals surface area contributed by atoms with E-state index in [-0.39, 0.29) is 17.4 Å². The van der Waals surface area contributed by atoms with Crippen molar-refractivity contribution in [2.45, 2.75) is 30.9 Å². The van der Waals surface area contributed by atoms with Crippen molar-refractivity contribution in [3.8, 4) is 0 Å². The molecule has 2 amide bonds. The molecule has 0 unspecified atom stereocenters. The molecule has 0 aliphatic heterocycles. The minimum atomic E-state index is -3.72. The van der Waals surface area contributed by atoms with Crippen molar-refractivity contribution >= 4 is 27.5 Å². The third-order valence-electron chi connectivity index (χ3n) is 5.03. The summed E-state index contributed by atoms with van der Waals surface area (Å²) in [7, 11) is -2.09. The minimum Gasteiger partial charge on any atom is -0.316 e. The van der Waals surface area contributed by atoms with Crippen LogP contribution in [0.15, 0.2) is 54.6 Å². The fourth-order valence-electron chi connectivity index (χ4n) is 3.11. The molecule has 1 aliphatic rings. The quantitative estimate of drug-likeness (QED) is 0.856. The summed E-state index contributed by atoms with van der Waals surface area (Å²) in [5, 5.41) is -0.560. The van der Waals surface area contributed by atoms with Crippen LogP contribution in [0.25, 0.3) is 0 Å². The van der Waals surface area contributed by atoms with Crippen LogP contribution in [0.5, 0.6) is 0 Å². The molecule has 0 atom stereocenters. The number of hydrogen-bond acceptors (Lipinski definition) is 4. The maximum atomic E-state index is 12.5. The lowest BCUT2D eigenvalue weighted by atomic mass is 9.79. The summed E-state index contributed by atoms with van der Waals surface area (Å²) in [5.41, 5.74) is 1.99. The van der Waals surface area contributed by atoms with Crippen molar-refractivity contribution in [1.29, 1.82) is 0 Å². The third-order valence-corrected chi connectivity index (χ3v) is 6.76. The molecule has 2 aromatic rings. The first-order valence-corrected chi connectivity index (χ1v) is 10.3. The molecule has 1 aliphatic carbocycles. The Morgan fingerprint density at radius 2 is 1.59 bits per heavy atom. The Morgan fingerprint density at radius 3 is 2.15 bits per heavy atom. The lowest BCUT2D eigenvalue weighted by molar-refractivity contribution is -0.116. The van der Waals surface area contributed by atoms with E-state index in [1.807, 2.05) is 30.3 Å². The molecule has 6 nitrogen and oxygen atoms in total. The molecule has 27 heavy (non-hydrogen) atoms. The Labute approximate surface area is 159 Å². The number of sulfonamides is 1. The summed E-state index contributed by atoms with van der Waals surface area (Å²) in [4.78, 5) is 25.1. The molecule has 1 saturated carbocycles. The van der Waals surface area contributed by atoms with Crippen LogP contribution >= 0.6 is 0 Å². The van der Waals surface area contributed by atoms with Gasteiger partial charge < -0.3 is 4.90 Å². The number of nitrogens with zero attached hydrogens (tertiary/aromatic N) is 1. The Hall–Kier alpha value is -2.67. The molecule has 1 N–H and O–H groups in total. The second-order valence-corrected chi connectivity index (χ2v) is 8.76. The van der Waals surface area contributed by atoms with E-state index in [1.54, 1.807) is 19.2 Å². The molecule has 0 heterocycles. The van der Waals surface area contributed by atoms with Crippen LogP contribution in [0.2, 0.25) is 0 Å². The van der Waals surface area contributed by atoms with Gasteiger partial charge >= 0.3 is 0 Å². The van der Waals surface area contributed by atoms with Gasteiger partial charge in [-0.2, -0.15) is 0 Å². The molecule has 0 aromatic heterocycles. The molecular formula is C20H22N2O4S. The van der Waals surface area contributed by atoms with Gasteiger partial charge in [0, 0.05) is 25.2 Å². The number of benzene rings is 2. The monoisotopic (exact) mass is 386 g/mol. The molecule has 7 heteroatoms. The summed E-state index contributed by atoms with van der Waals surface area (Å²) in [6, 6.07) is 16.0. The zero-order valence-corrected chi connectivity index (χ0v) is 16.1. The largest absolute Gasteiger partial charge is 0.316 e. The molecule has 2 aromatic carbocycles. The summed E-state index contributed by atoms with van der Waals surface area (Å²) < 4.78 is 27.1. The minimum absolute atomic E-state index is 0.132. The van der Waals surface area contributed by atoms with Crippen LogP contribution in [0.4, 0.5) is 5.69 Å². The van der Waals surface area contributed by atoms with Crippen molar-refractivity contribution in [2.24, 2.45) is 0 Å². The van der Waals surface area contributed by atoms with Gasteiger partial charge in [-0.05, 0) is 48.6 Å². The highest BCUT2D eigenvalue weighted by Gasteiger charge is 2.40. The summed E-state index contributed by atoms with van der Waals surface area (Å²) in [5.74, 6) is -0.577. The number of carbonyl (C=O) groups is 2. The predicted octanol–water partition coefficient (Wildman–Crippen LogP) is 2.68. The number of rotatable bonds is 5. The van der Waals surface area contributed by atoms with Gasteiger partial charge in [0.05, 0.1) is 5.25 Å². The Balaban J connectivity index is 1.61. The van der Waals surface area contributed by atoms with E-state index >= 15 is 0 Å². The number of hydrogen-bond donors (Lipinski definition) is 1. The van der Waals surface area contributed by atoms with Crippen LogP contribution < -0.4 is 9.62 Å². The normalized spacial score (nSPS) is 19.0. The van der Waals surface area contributed by atoms with E-state index in [0.717, 1.165) is 5.56 Å². The van der Waals surface area contributed by atoms with E-state index in [0.29, 0.717) is 18.5 Å². The highest BCUT2D eigenvalue weighted by molar-refractivity contribution is 7.90. The zero-order valence-electron chi connectivity index (χ0n) is 15.3. The number of anilines is 1. The first kappa shape index (κ1) is 19.1. The van der Waals surface area contributed by atoms with Gasteiger partial charge in [-0.3, -0.25) is 9.59 Å². The number of nitrogens with one attached hydrogen (secondary N) is 1. The molecule has 142 valence electrons. The van der Waals surface area contributed by atoms with Gasteiger partial charge in [0.2, 0.25) is 15.9 Å². The average molecular weight is 386 g/mol. The lowest BCUT2D eigenvalue weighted by Crippen LogP contribution is -2.44. The van der Waals surface area contributed by atoms with Gasteiger partial charge in [0.25, 0.3) is 5.91 Å². The SMILES string of the molecule is CC(=O)N(C)c1ccc(C(=O)NS(=O)(=O)C2CC(c3ccccc3)C2)cc1. The van der Waals surface area contributed by atoms with Crippen LogP contribution in [0.3, 0.4) is 0 Å². The second kappa shape index (κ2) is 7.52. The molecule has 0 radical (unpaired) electrons. The van der Waals surface area contributed by atoms with E-state index in [4.69, 9.17) is 0 Å². The van der Waals surface area contributed by atoms with Crippen molar-refractivity contribution in [3.05, 3.63) is 65.7 Å². The second-order valence-electron chi connectivity index (χ2n) is 6.80. The average Bonchev–Trinajstić information content (AvgIpc) is 2.60. The molecular weight excluding hydrogens is 364 g/mol. The van der Waals surface area contributed by atoms with Gasteiger partial charge in [0.15, 0.2) is 0 Å². The van der Waals surface area contributed by atoms with Crippen molar-refractivity contribution in [1.82, 2.24) is 4.72 Å². The predicted molar refractivity (Wildman–Crippen MR) is 104 cm³/mol. The van der Waals surface area contributed by atoms with E-state index in [2.05, 4.69) is 4.72 Å². The highest BCUT2D eigenvalue weighted by atomic mass is 32.2. The summed E-state index contributed by atoms with van der Waals surface area (Å²) in [6.45, 7) is 1.44. The van der Waals surface area contributed by atoms with Crippen LogP contribution in [-0.2, 0) is 14.8 Å². The highest BCUT2D eigenvalue weighted by Crippen LogP contribution is 2.40. The Kier molecular flexibility index (Phi) is 5.32. The lowest BCUT2D eigenvalue weighted by Gasteiger charge is -2.34. The number of carbonyl (C=O) groups excluding carboxylic acids is 2.